The first kappa shape index (κ1) is 18.4. The second kappa shape index (κ2) is 7.73. The molecule has 0 spiro atoms. The van der Waals surface area contributed by atoms with Gasteiger partial charge < -0.3 is 14.8 Å². The maximum atomic E-state index is 11.9. The molecule has 1 aliphatic heterocycles. The van der Waals surface area contributed by atoms with Crippen LogP contribution in [0.25, 0.3) is 0 Å². The Morgan fingerprint density at radius 3 is 2.75 bits per heavy atom. The molecule has 1 aliphatic rings. The fourth-order valence-corrected chi connectivity index (χ4v) is 3.26. The highest BCUT2D eigenvalue weighted by Gasteiger charge is 2.25. The molecule has 24 heavy (non-hydrogen) atoms. The van der Waals surface area contributed by atoms with Gasteiger partial charge in [-0.3, -0.25) is 4.79 Å². The van der Waals surface area contributed by atoms with Crippen molar-refractivity contribution in [2.45, 2.75) is 30.8 Å². The van der Waals surface area contributed by atoms with Gasteiger partial charge in [-0.1, -0.05) is 6.07 Å². The number of sulfonamides is 1. The van der Waals surface area contributed by atoms with Gasteiger partial charge in [0.2, 0.25) is 10.0 Å². The normalized spacial score (nSPS) is 17.5. The van der Waals surface area contributed by atoms with Gasteiger partial charge in [0.25, 0.3) is 5.91 Å². The Morgan fingerprint density at radius 2 is 2.12 bits per heavy atom. The van der Waals surface area contributed by atoms with Crippen LogP contribution in [-0.2, 0) is 29.1 Å². The van der Waals surface area contributed by atoms with Gasteiger partial charge in [-0.25, -0.2) is 17.9 Å². The van der Waals surface area contributed by atoms with Gasteiger partial charge in [0.15, 0.2) is 12.7 Å². The molecule has 1 amide bonds. The Hall–Kier alpha value is -1.97. The van der Waals surface area contributed by atoms with E-state index in [1.165, 1.54) is 13.1 Å². The van der Waals surface area contributed by atoms with Crippen LogP contribution in [0.2, 0.25) is 0 Å². The van der Waals surface area contributed by atoms with E-state index in [1.807, 2.05) is 0 Å². The number of carbonyl (C=O) groups is 2. The zero-order valence-electron chi connectivity index (χ0n) is 13.5. The van der Waals surface area contributed by atoms with E-state index in [0.717, 1.165) is 6.42 Å². The molecule has 2 rings (SSSR count). The van der Waals surface area contributed by atoms with Crippen molar-refractivity contribution in [1.29, 1.82) is 0 Å². The van der Waals surface area contributed by atoms with Crippen LogP contribution in [0.5, 0.6) is 0 Å². The van der Waals surface area contributed by atoms with Crippen molar-refractivity contribution in [1.82, 2.24) is 4.72 Å². The summed E-state index contributed by atoms with van der Waals surface area (Å²) in [4.78, 5) is 23.6. The molecular weight excluding hydrogens is 336 g/mol. The van der Waals surface area contributed by atoms with Crippen molar-refractivity contribution in [3.8, 4) is 0 Å². The molecule has 0 aromatic heterocycles. The third-order valence-electron chi connectivity index (χ3n) is 3.57. The average molecular weight is 356 g/mol. The van der Waals surface area contributed by atoms with Crippen molar-refractivity contribution < 1.29 is 27.5 Å². The maximum absolute atomic E-state index is 11.9. The molecule has 2 N–H and O–H groups in total. The zero-order valence-corrected chi connectivity index (χ0v) is 14.3. The van der Waals surface area contributed by atoms with Crippen LogP contribution in [0.1, 0.15) is 18.4 Å². The lowest BCUT2D eigenvalue weighted by Crippen LogP contribution is -2.27. The molecule has 1 fully saturated rings. The minimum Gasteiger partial charge on any atom is -0.454 e. The smallest absolute Gasteiger partial charge is 0.335 e. The van der Waals surface area contributed by atoms with E-state index in [9.17, 15) is 18.0 Å². The van der Waals surface area contributed by atoms with Crippen LogP contribution >= 0.6 is 0 Å². The summed E-state index contributed by atoms with van der Waals surface area (Å²) in [6.07, 6.45) is 0.770. The van der Waals surface area contributed by atoms with Gasteiger partial charge in [-0.2, -0.15) is 0 Å². The summed E-state index contributed by atoms with van der Waals surface area (Å²) in [6, 6.07) is 4.50. The molecule has 132 valence electrons. The van der Waals surface area contributed by atoms with E-state index < -0.39 is 34.6 Å². The van der Waals surface area contributed by atoms with Crippen molar-refractivity contribution in [2.24, 2.45) is 0 Å². The molecule has 0 aliphatic carbocycles. The predicted molar refractivity (Wildman–Crippen MR) is 86.0 cm³/mol. The van der Waals surface area contributed by atoms with Crippen LogP contribution in [0.3, 0.4) is 0 Å². The minimum atomic E-state index is -3.63. The molecule has 1 atom stereocenters. The predicted octanol–water partition coefficient (Wildman–Crippen LogP) is 0.564. The standard InChI is InChI=1S/C15H20N2O6S/c1-10-5-6-11(8-13(10)24(20,21)16-2)17-14(18)9-23-15(19)12-4-3-7-22-12/h5-6,8,12,16H,3-4,7,9H2,1-2H3,(H,17,18)/t12-/m0/s1. The Kier molecular flexibility index (Phi) is 5.92. The summed E-state index contributed by atoms with van der Waals surface area (Å²) in [5.41, 5.74) is 0.847. The number of hydrogen-bond donors (Lipinski definition) is 2. The third-order valence-corrected chi connectivity index (χ3v) is 5.12. The molecular formula is C15H20N2O6S. The Bertz CT molecular complexity index is 725. The first-order chi connectivity index (χ1) is 11.3. The van der Waals surface area contributed by atoms with E-state index in [4.69, 9.17) is 9.47 Å². The largest absolute Gasteiger partial charge is 0.454 e. The second-order valence-corrected chi connectivity index (χ2v) is 7.20. The Labute approximate surface area is 140 Å². The summed E-state index contributed by atoms with van der Waals surface area (Å²) in [5.74, 6) is -1.12. The van der Waals surface area contributed by atoms with E-state index in [1.54, 1.807) is 19.1 Å². The molecule has 8 nitrogen and oxygen atoms in total. The number of benzene rings is 1. The number of hydrogen-bond acceptors (Lipinski definition) is 6. The van der Waals surface area contributed by atoms with Gasteiger partial charge in [-0.15, -0.1) is 0 Å². The topological polar surface area (TPSA) is 111 Å². The first-order valence-corrected chi connectivity index (χ1v) is 8.94. The second-order valence-electron chi connectivity index (χ2n) is 5.35. The monoisotopic (exact) mass is 356 g/mol. The van der Waals surface area contributed by atoms with Gasteiger partial charge in [-0.05, 0) is 44.5 Å². The number of anilines is 1. The Balaban J connectivity index is 1.96. The van der Waals surface area contributed by atoms with Crippen LogP contribution in [0.15, 0.2) is 23.1 Å². The number of rotatable bonds is 6. The number of carbonyl (C=O) groups excluding carboxylic acids is 2. The van der Waals surface area contributed by atoms with Gasteiger partial charge in [0, 0.05) is 12.3 Å². The molecule has 0 bridgehead atoms. The molecule has 0 radical (unpaired) electrons. The van der Waals surface area contributed by atoms with Crippen LogP contribution in [-0.4, -0.2) is 46.7 Å². The summed E-state index contributed by atoms with van der Waals surface area (Å²) in [6.45, 7) is 1.71. The molecule has 1 heterocycles. The molecule has 1 saturated heterocycles. The van der Waals surface area contributed by atoms with Crippen molar-refractivity contribution in [2.75, 3.05) is 25.6 Å². The summed E-state index contributed by atoms with van der Waals surface area (Å²) in [7, 11) is -2.32. The molecule has 1 aromatic carbocycles. The number of ether oxygens (including phenoxy) is 2. The molecule has 0 unspecified atom stereocenters. The minimum absolute atomic E-state index is 0.0687. The van der Waals surface area contributed by atoms with Crippen molar-refractivity contribution >= 4 is 27.6 Å². The summed E-state index contributed by atoms with van der Waals surface area (Å²) >= 11 is 0. The Morgan fingerprint density at radius 1 is 1.38 bits per heavy atom. The quantitative estimate of drug-likeness (QED) is 0.721. The number of esters is 1. The third kappa shape index (κ3) is 4.53. The molecule has 0 saturated carbocycles. The number of aryl methyl sites for hydroxylation is 1. The van der Waals surface area contributed by atoms with Gasteiger partial charge in [0.1, 0.15) is 0 Å². The summed E-state index contributed by atoms with van der Waals surface area (Å²) in [5, 5.41) is 2.50. The lowest BCUT2D eigenvalue weighted by Gasteiger charge is -2.12. The fourth-order valence-electron chi connectivity index (χ4n) is 2.27. The van der Waals surface area contributed by atoms with E-state index in [2.05, 4.69) is 10.0 Å². The SMILES string of the molecule is CNS(=O)(=O)c1cc(NC(=O)COC(=O)[C@@H]2CCCO2)ccc1C. The highest BCUT2D eigenvalue weighted by molar-refractivity contribution is 7.89. The number of nitrogens with one attached hydrogen (secondary N) is 2. The van der Waals surface area contributed by atoms with E-state index >= 15 is 0 Å². The van der Waals surface area contributed by atoms with Crippen LogP contribution in [0.4, 0.5) is 5.69 Å². The average Bonchev–Trinajstić information content (AvgIpc) is 3.09. The van der Waals surface area contributed by atoms with Crippen molar-refractivity contribution in [3.05, 3.63) is 23.8 Å². The fraction of sp³-hybridized carbons (Fsp3) is 0.467. The molecule has 1 aromatic rings. The highest BCUT2D eigenvalue weighted by Crippen LogP contribution is 2.20. The van der Waals surface area contributed by atoms with E-state index in [0.29, 0.717) is 24.3 Å². The lowest BCUT2D eigenvalue weighted by molar-refractivity contribution is -0.156. The lowest BCUT2D eigenvalue weighted by atomic mass is 10.2. The highest BCUT2D eigenvalue weighted by atomic mass is 32.2. The van der Waals surface area contributed by atoms with Gasteiger partial charge >= 0.3 is 5.97 Å². The van der Waals surface area contributed by atoms with Crippen molar-refractivity contribution in [3.63, 3.8) is 0 Å². The van der Waals surface area contributed by atoms with E-state index in [-0.39, 0.29) is 4.90 Å². The first-order valence-electron chi connectivity index (χ1n) is 7.46. The number of amides is 1. The van der Waals surface area contributed by atoms with Gasteiger partial charge in [0.05, 0.1) is 4.90 Å². The van der Waals surface area contributed by atoms with Crippen LogP contribution < -0.4 is 10.0 Å². The molecule has 9 heteroatoms. The maximum Gasteiger partial charge on any atom is 0.335 e. The summed E-state index contributed by atoms with van der Waals surface area (Å²) < 4.78 is 36.1. The van der Waals surface area contributed by atoms with Crippen LogP contribution in [0, 0.1) is 6.92 Å². The zero-order chi connectivity index (χ0) is 17.7.